The monoisotopic (exact) mass is 1180 g/mol. The highest BCUT2D eigenvalue weighted by molar-refractivity contribution is 5.75. The number of carbonyl (C=O) groups excluding carboxylic acids is 6. The number of carboxylic acids is 1. The van der Waals surface area contributed by atoms with Crippen molar-refractivity contribution >= 4 is 42.4 Å². The first kappa shape index (κ1) is 91.8. The van der Waals surface area contributed by atoms with E-state index in [-0.39, 0.29) is 49.5 Å². The molecule has 1 unspecified atom stereocenters. The summed E-state index contributed by atoms with van der Waals surface area (Å²) in [6.07, 6.45) is 36.8. The minimum absolute atomic E-state index is 0.0251. The number of likely N-dealkylation sites (tertiary alicyclic amines) is 1. The molecule has 0 aromatic rings. The molecule has 1 amide bonds. The zero-order valence-corrected chi connectivity index (χ0v) is 56.2. The molecule has 82 heavy (non-hydrogen) atoms. The summed E-state index contributed by atoms with van der Waals surface area (Å²) in [6.45, 7) is 34.5. The molecule has 16 nitrogen and oxygen atoms in total. The van der Waals surface area contributed by atoms with Crippen LogP contribution in [0.25, 0.3) is 0 Å². The molecule has 0 aliphatic carbocycles. The van der Waals surface area contributed by atoms with E-state index in [0.717, 1.165) is 77.3 Å². The van der Waals surface area contributed by atoms with Crippen LogP contribution in [0.3, 0.4) is 0 Å². The van der Waals surface area contributed by atoms with Gasteiger partial charge in [0.1, 0.15) is 0 Å². The molecule has 0 bridgehead atoms. The average Bonchev–Trinajstić information content (AvgIpc) is 4.04. The molecule has 0 spiro atoms. The van der Waals surface area contributed by atoms with Gasteiger partial charge in [-0.15, -0.1) is 0 Å². The minimum atomic E-state index is -0.745. The second-order valence-electron chi connectivity index (χ2n) is 20.2. The van der Waals surface area contributed by atoms with Crippen LogP contribution in [-0.4, -0.2) is 130 Å². The van der Waals surface area contributed by atoms with E-state index in [0.29, 0.717) is 64.8 Å². The number of hydrogen-bond donors (Lipinski definition) is 1. The first-order valence-electron chi connectivity index (χ1n) is 33.0. The molecule has 1 rings (SSSR count). The predicted octanol–water partition coefficient (Wildman–Crippen LogP) is 17.5. The van der Waals surface area contributed by atoms with Gasteiger partial charge < -0.3 is 38.4 Å². The molecular formula is C66H134N2O14. The maximum absolute atomic E-state index is 11.9. The van der Waals surface area contributed by atoms with Crippen molar-refractivity contribution in [3.05, 3.63) is 0 Å². The number of nitrogens with zero attached hydrogens (tertiary/aromatic N) is 2. The highest BCUT2D eigenvalue weighted by Crippen LogP contribution is 2.11. The van der Waals surface area contributed by atoms with Crippen LogP contribution in [0.4, 0.5) is 4.79 Å². The molecule has 0 saturated carbocycles. The van der Waals surface area contributed by atoms with Gasteiger partial charge in [-0.1, -0.05) is 245 Å². The van der Waals surface area contributed by atoms with Crippen molar-refractivity contribution in [2.75, 3.05) is 72.9 Å². The lowest BCUT2D eigenvalue weighted by atomic mass is 10.1. The Morgan fingerprint density at radius 2 is 0.768 bits per heavy atom. The first-order chi connectivity index (χ1) is 39.6. The summed E-state index contributed by atoms with van der Waals surface area (Å²) in [5.41, 5.74) is 0. The molecule has 0 radical (unpaired) electrons. The van der Waals surface area contributed by atoms with Crippen molar-refractivity contribution in [1.29, 1.82) is 0 Å². The van der Waals surface area contributed by atoms with Crippen LogP contribution >= 0.6 is 0 Å². The van der Waals surface area contributed by atoms with Crippen LogP contribution in [0.2, 0.25) is 0 Å². The number of likely N-dealkylation sites (N-methyl/N-ethyl adjacent to an activating group) is 1. The van der Waals surface area contributed by atoms with E-state index in [1.54, 1.807) is 16.7 Å². The summed E-state index contributed by atoms with van der Waals surface area (Å²) in [6, 6.07) is 0. The standard InChI is InChI=1S/C22H43NO4.C14H28O2.C11H22O2.C8H15NO2.C4H10.C3H6O2.C2H4O2.C2H6/c1-4-7-9-11-13-15-17-26-21(24)19-23(6-3)20-22(25)27-18-16-14-12-10-8-5-2;1-4-6-7-8-9-10-11-16-14(15)12-13(3)5-2;1-3-5-6-7-8-9-10-13-11(12)4-2;1-2-7-11-8(10)9-5-3-4-6-9;1-3-4-2;1-2-3(4)5;1-4-2-3;1-2/h4-20H2,1-3H3;13H,4-12H2,1-3H3;3-10H2,1-2H3;2-7H2,1H3;3-4H2,1-2H3;2H2,1H3,(H,4,5);2H,1H3;1-2H3. The molecule has 1 heterocycles. The topological polar surface area (TPSA) is 202 Å². The van der Waals surface area contributed by atoms with E-state index in [4.69, 9.17) is 33.6 Å². The van der Waals surface area contributed by atoms with Crippen molar-refractivity contribution < 1.29 is 67.1 Å². The number of methoxy groups -OCH3 is 1. The van der Waals surface area contributed by atoms with Gasteiger partial charge >= 0.3 is 35.9 Å². The van der Waals surface area contributed by atoms with Crippen LogP contribution in [0.5, 0.6) is 0 Å². The number of carbonyl (C=O) groups is 7. The molecule has 1 N–H and O–H groups in total. The minimum Gasteiger partial charge on any atom is -0.481 e. The van der Waals surface area contributed by atoms with E-state index in [2.05, 4.69) is 60.1 Å². The van der Waals surface area contributed by atoms with E-state index in [1.807, 2.05) is 34.6 Å². The van der Waals surface area contributed by atoms with Crippen molar-refractivity contribution in [3.8, 4) is 0 Å². The van der Waals surface area contributed by atoms with Gasteiger partial charge in [-0.2, -0.15) is 0 Å². The highest BCUT2D eigenvalue weighted by atomic mass is 16.6. The quantitative estimate of drug-likeness (QED) is 0.0261. The van der Waals surface area contributed by atoms with E-state index >= 15 is 0 Å². The number of amides is 1. The Labute approximate surface area is 505 Å². The van der Waals surface area contributed by atoms with Crippen molar-refractivity contribution in [2.45, 2.75) is 309 Å². The largest absolute Gasteiger partial charge is 0.481 e. The fourth-order valence-electron chi connectivity index (χ4n) is 6.78. The van der Waals surface area contributed by atoms with Gasteiger partial charge in [0.25, 0.3) is 6.47 Å². The van der Waals surface area contributed by atoms with Gasteiger partial charge in [-0.3, -0.25) is 33.7 Å². The zero-order chi connectivity index (χ0) is 63.6. The third kappa shape index (κ3) is 89.8. The lowest BCUT2D eigenvalue weighted by molar-refractivity contribution is -0.149. The van der Waals surface area contributed by atoms with Crippen LogP contribution < -0.4 is 0 Å². The third-order valence-electron chi connectivity index (χ3n) is 12.4. The van der Waals surface area contributed by atoms with Gasteiger partial charge in [-0.05, 0) is 57.4 Å². The number of aliphatic carboxylic acids is 1. The summed E-state index contributed by atoms with van der Waals surface area (Å²) in [5, 5.41) is 7.72. The SMILES string of the molecule is CC.CCC(=O)O.CCCC.CCCCCCCCOC(=O)CC.CCCCCCCCOC(=O)CC(C)CC.CCCCCCCCOC(=O)CN(CC)CC(=O)OCCCCCCCC.CCCOC(=O)N1CCCC1.COC=O. The molecule has 1 aliphatic rings. The lowest BCUT2D eigenvalue weighted by Gasteiger charge is -2.18. The summed E-state index contributed by atoms with van der Waals surface area (Å²) < 4.78 is 29.5. The molecule has 16 heteroatoms. The number of esters is 4. The van der Waals surface area contributed by atoms with Crippen molar-refractivity contribution in [1.82, 2.24) is 9.80 Å². The Morgan fingerprint density at radius 1 is 0.451 bits per heavy atom. The van der Waals surface area contributed by atoms with Gasteiger partial charge in [0.2, 0.25) is 0 Å². The van der Waals surface area contributed by atoms with Crippen LogP contribution in [-0.2, 0) is 57.2 Å². The normalized spacial score (nSPS) is 11.0. The molecule has 1 saturated heterocycles. The summed E-state index contributed by atoms with van der Waals surface area (Å²) in [4.78, 5) is 78.8. The van der Waals surface area contributed by atoms with Crippen LogP contribution in [0, 0.1) is 5.92 Å². The molecule has 1 fully saturated rings. The third-order valence-corrected chi connectivity index (χ3v) is 12.4. The van der Waals surface area contributed by atoms with Crippen LogP contribution in [0.1, 0.15) is 309 Å². The number of unbranched alkanes of at least 4 members (excludes halogenated alkanes) is 21. The molecule has 492 valence electrons. The number of carboxylic acid groups (broad SMARTS) is 1. The molecule has 0 aromatic heterocycles. The Hall–Kier alpha value is -3.95. The highest BCUT2D eigenvalue weighted by Gasteiger charge is 2.18. The maximum atomic E-state index is 11.9. The smallest absolute Gasteiger partial charge is 0.409 e. The zero-order valence-electron chi connectivity index (χ0n) is 56.2. The Bertz CT molecular complexity index is 1280. The van der Waals surface area contributed by atoms with E-state index < -0.39 is 5.97 Å². The van der Waals surface area contributed by atoms with Gasteiger partial charge in [0.15, 0.2) is 0 Å². The molecular weight excluding hydrogens is 1040 g/mol. The van der Waals surface area contributed by atoms with Gasteiger partial charge in [0, 0.05) is 32.4 Å². The number of hydrogen-bond acceptors (Lipinski definition) is 14. The number of ether oxygens (including phenoxy) is 6. The Balaban J connectivity index is -0.000000176. The second-order valence-corrected chi connectivity index (χ2v) is 20.2. The Kier molecular flexibility index (Phi) is 93.5. The Morgan fingerprint density at radius 3 is 1.04 bits per heavy atom. The maximum Gasteiger partial charge on any atom is 0.409 e. The van der Waals surface area contributed by atoms with Crippen molar-refractivity contribution in [3.63, 3.8) is 0 Å². The average molecular weight is 1180 g/mol. The fraction of sp³-hybridized carbons (Fsp3) is 0.894. The molecule has 1 aliphatic heterocycles. The van der Waals surface area contributed by atoms with Gasteiger partial charge in [-0.25, -0.2) is 4.79 Å². The first-order valence-corrected chi connectivity index (χ1v) is 33.0. The van der Waals surface area contributed by atoms with Crippen LogP contribution in [0.15, 0.2) is 0 Å². The fourth-order valence-corrected chi connectivity index (χ4v) is 6.78. The van der Waals surface area contributed by atoms with E-state index in [9.17, 15) is 28.8 Å². The summed E-state index contributed by atoms with van der Waals surface area (Å²) >= 11 is 0. The molecule has 1 atom stereocenters. The summed E-state index contributed by atoms with van der Waals surface area (Å²) in [7, 11) is 1.31. The lowest BCUT2D eigenvalue weighted by Crippen LogP contribution is -2.36. The predicted molar refractivity (Wildman–Crippen MR) is 339 cm³/mol. The summed E-state index contributed by atoms with van der Waals surface area (Å²) in [5.74, 6) is -0.901. The second kappa shape index (κ2) is 83.5. The van der Waals surface area contributed by atoms with Crippen molar-refractivity contribution in [2.24, 2.45) is 5.92 Å². The van der Waals surface area contributed by atoms with E-state index in [1.165, 1.54) is 136 Å². The molecule has 0 aromatic carbocycles. The van der Waals surface area contributed by atoms with Gasteiger partial charge in [0.05, 0.1) is 53.2 Å². The number of rotatable bonds is 42.